The third-order valence-corrected chi connectivity index (χ3v) is 6.24. The lowest BCUT2D eigenvalue weighted by Gasteiger charge is -2.48. The van der Waals surface area contributed by atoms with Gasteiger partial charge in [0.15, 0.2) is 0 Å². The zero-order chi connectivity index (χ0) is 22.8. The number of nitrogens with zero attached hydrogens (tertiary/aromatic N) is 2. The number of halogens is 1. The molecule has 1 aliphatic heterocycles. The molecule has 1 amide bonds. The van der Waals surface area contributed by atoms with Crippen molar-refractivity contribution in [1.29, 1.82) is 5.26 Å². The Bertz CT molecular complexity index is 1050. The van der Waals surface area contributed by atoms with E-state index in [1.165, 1.54) is 11.3 Å². The molecular formula is C26H30ClN3O. The molecule has 0 aromatic heterocycles. The van der Waals surface area contributed by atoms with Crippen LogP contribution in [0.1, 0.15) is 63.1 Å². The number of nitriles is 1. The predicted molar refractivity (Wildman–Crippen MR) is 130 cm³/mol. The van der Waals surface area contributed by atoms with Crippen LogP contribution in [0.2, 0.25) is 5.02 Å². The maximum atomic E-state index is 12.7. The van der Waals surface area contributed by atoms with E-state index < -0.39 is 5.91 Å². The highest BCUT2D eigenvalue weighted by molar-refractivity contribution is 6.30. The number of anilines is 2. The molecule has 1 atom stereocenters. The van der Waals surface area contributed by atoms with Crippen molar-refractivity contribution in [2.45, 2.75) is 58.9 Å². The van der Waals surface area contributed by atoms with Crippen LogP contribution < -0.4 is 10.2 Å². The van der Waals surface area contributed by atoms with Gasteiger partial charge in [-0.25, -0.2) is 0 Å². The molecule has 162 valence electrons. The van der Waals surface area contributed by atoms with Gasteiger partial charge in [-0.3, -0.25) is 4.79 Å². The highest BCUT2D eigenvalue weighted by Gasteiger charge is 2.36. The molecule has 1 N–H and O–H groups in total. The van der Waals surface area contributed by atoms with Gasteiger partial charge in [0, 0.05) is 28.5 Å². The topological polar surface area (TPSA) is 56.1 Å². The van der Waals surface area contributed by atoms with Gasteiger partial charge in [-0.15, -0.1) is 0 Å². The number of nitrogens with one attached hydrogen (secondary N) is 1. The lowest BCUT2D eigenvalue weighted by atomic mass is 9.78. The number of carbonyl (C=O) groups is 1. The Kier molecular flexibility index (Phi) is 6.77. The van der Waals surface area contributed by atoms with Crippen molar-refractivity contribution in [2.75, 3.05) is 16.8 Å². The quantitative estimate of drug-likeness (QED) is 0.420. The lowest BCUT2D eigenvalue weighted by molar-refractivity contribution is -0.112. The molecule has 1 aliphatic rings. The van der Waals surface area contributed by atoms with E-state index in [0.29, 0.717) is 16.6 Å². The van der Waals surface area contributed by atoms with E-state index in [1.807, 2.05) is 6.92 Å². The molecule has 0 bridgehead atoms. The van der Waals surface area contributed by atoms with Crippen LogP contribution in [-0.4, -0.2) is 18.0 Å². The first-order chi connectivity index (χ1) is 14.7. The second kappa shape index (κ2) is 9.16. The van der Waals surface area contributed by atoms with E-state index in [9.17, 15) is 10.1 Å². The van der Waals surface area contributed by atoms with Crippen LogP contribution >= 0.6 is 11.6 Å². The molecule has 4 nitrogen and oxygen atoms in total. The van der Waals surface area contributed by atoms with Gasteiger partial charge >= 0.3 is 0 Å². The standard InChI is InChI=1S/C26H30ClN3O/c1-6-11-30-24-12-17(2)19(14-23(24)18(3)15-26(30,4)5)13-20(16-28)25(31)29-22-9-7-21(27)8-10-22/h7-10,12-14,18H,6,11,15H2,1-5H3,(H,29,31)/b20-13+. The minimum atomic E-state index is -0.427. The Balaban J connectivity index is 1.96. The fourth-order valence-electron chi connectivity index (χ4n) is 4.49. The fourth-order valence-corrected chi connectivity index (χ4v) is 4.62. The zero-order valence-corrected chi connectivity index (χ0v) is 19.7. The fraction of sp³-hybridized carbons (Fsp3) is 0.385. The molecule has 0 fully saturated rings. The third kappa shape index (κ3) is 4.94. The smallest absolute Gasteiger partial charge is 0.266 e. The monoisotopic (exact) mass is 435 g/mol. The van der Waals surface area contributed by atoms with Crippen molar-refractivity contribution in [3.05, 3.63) is 63.7 Å². The van der Waals surface area contributed by atoms with Crippen molar-refractivity contribution >= 4 is 35.0 Å². The van der Waals surface area contributed by atoms with E-state index in [4.69, 9.17) is 11.6 Å². The summed E-state index contributed by atoms with van der Waals surface area (Å²) in [5.74, 6) is -0.0250. The third-order valence-electron chi connectivity index (χ3n) is 5.99. The predicted octanol–water partition coefficient (Wildman–Crippen LogP) is 6.70. The number of fused-ring (bicyclic) bond motifs is 1. The number of carbonyl (C=O) groups excluding carboxylic acids is 1. The van der Waals surface area contributed by atoms with Crippen LogP contribution in [0, 0.1) is 18.3 Å². The Morgan fingerprint density at radius 2 is 2.00 bits per heavy atom. The van der Waals surface area contributed by atoms with Gasteiger partial charge in [0.05, 0.1) is 0 Å². The molecule has 0 spiro atoms. The van der Waals surface area contributed by atoms with E-state index in [1.54, 1.807) is 30.3 Å². The molecule has 0 saturated heterocycles. The molecule has 31 heavy (non-hydrogen) atoms. The Morgan fingerprint density at radius 1 is 1.32 bits per heavy atom. The van der Waals surface area contributed by atoms with Crippen LogP contribution in [0.3, 0.4) is 0 Å². The van der Waals surface area contributed by atoms with Gasteiger partial charge < -0.3 is 10.2 Å². The first-order valence-corrected chi connectivity index (χ1v) is 11.1. The molecule has 0 aliphatic carbocycles. The van der Waals surface area contributed by atoms with Crippen LogP contribution in [0.4, 0.5) is 11.4 Å². The zero-order valence-electron chi connectivity index (χ0n) is 18.9. The summed E-state index contributed by atoms with van der Waals surface area (Å²) in [6.45, 7) is 12.1. The average Bonchev–Trinajstić information content (AvgIpc) is 2.71. The maximum absolute atomic E-state index is 12.7. The molecule has 1 unspecified atom stereocenters. The van der Waals surface area contributed by atoms with Gasteiger partial charge in [-0.05, 0) is 98.7 Å². The number of rotatable bonds is 5. The normalized spacial score (nSPS) is 17.6. The van der Waals surface area contributed by atoms with Crippen molar-refractivity contribution in [3.8, 4) is 6.07 Å². The number of benzene rings is 2. The minimum Gasteiger partial charge on any atom is -0.366 e. The minimum absolute atomic E-state index is 0.0761. The average molecular weight is 436 g/mol. The van der Waals surface area contributed by atoms with Gasteiger partial charge in [0.25, 0.3) is 5.91 Å². The van der Waals surface area contributed by atoms with Crippen molar-refractivity contribution in [2.24, 2.45) is 0 Å². The maximum Gasteiger partial charge on any atom is 0.266 e. The summed E-state index contributed by atoms with van der Waals surface area (Å²) in [5, 5.41) is 13.0. The molecule has 1 heterocycles. The van der Waals surface area contributed by atoms with Gasteiger partial charge in [-0.1, -0.05) is 25.4 Å². The lowest BCUT2D eigenvalue weighted by Crippen LogP contribution is -2.48. The Morgan fingerprint density at radius 3 is 2.61 bits per heavy atom. The van der Waals surface area contributed by atoms with Crippen molar-refractivity contribution in [1.82, 2.24) is 0 Å². The molecule has 2 aromatic rings. The second-order valence-corrected chi connectivity index (χ2v) is 9.40. The molecule has 0 saturated carbocycles. The van der Waals surface area contributed by atoms with Gasteiger partial charge in [0.2, 0.25) is 0 Å². The first-order valence-electron chi connectivity index (χ1n) is 10.8. The molecule has 2 aromatic carbocycles. The summed E-state index contributed by atoms with van der Waals surface area (Å²) in [4.78, 5) is 15.2. The number of aryl methyl sites for hydroxylation is 1. The van der Waals surface area contributed by atoms with Gasteiger partial charge in [-0.2, -0.15) is 5.26 Å². The summed E-state index contributed by atoms with van der Waals surface area (Å²) in [6, 6.07) is 13.2. The molecule has 3 rings (SSSR count). The summed E-state index contributed by atoms with van der Waals surface area (Å²) in [6.07, 6.45) is 3.84. The van der Waals surface area contributed by atoms with E-state index in [-0.39, 0.29) is 11.1 Å². The van der Waals surface area contributed by atoms with Crippen LogP contribution in [0.5, 0.6) is 0 Å². The molecule has 0 radical (unpaired) electrons. The molecule has 5 heteroatoms. The van der Waals surface area contributed by atoms with Crippen LogP contribution in [0.15, 0.2) is 42.0 Å². The van der Waals surface area contributed by atoms with Crippen LogP contribution in [-0.2, 0) is 4.79 Å². The van der Waals surface area contributed by atoms with E-state index in [0.717, 1.165) is 30.5 Å². The van der Waals surface area contributed by atoms with Gasteiger partial charge in [0.1, 0.15) is 11.6 Å². The van der Waals surface area contributed by atoms with Crippen molar-refractivity contribution in [3.63, 3.8) is 0 Å². The number of amides is 1. The summed E-state index contributed by atoms with van der Waals surface area (Å²) in [5.41, 5.74) is 5.28. The Hall–Kier alpha value is -2.77. The number of hydrogen-bond donors (Lipinski definition) is 1. The largest absolute Gasteiger partial charge is 0.366 e. The van der Waals surface area contributed by atoms with E-state index in [2.05, 4.69) is 56.1 Å². The highest BCUT2D eigenvalue weighted by atomic mass is 35.5. The highest BCUT2D eigenvalue weighted by Crippen LogP contribution is 2.44. The summed E-state index contributed by atoms with van der Waals surface area (Å²) >= 11 is 5.90. The SMILES string of the molecule is CCCN1c2cc(C)c(/C=C(\C#N)C(=O)Nc3ccc(Cl)cc3)cc2C(C)CC1(C)C. The van der Waals surface area contributed by atoms with Crippen molar-refractivity contribution < 1.29 is 4.79 Å². The second-order valence-electron chi connectivity index (χ2n) is 8.97. The summed E-state index contributed by atoms with van der Waals surface area (Å²) in [7, 11) is 0. The van der Waals surface area contributed by atoms with E-state index >= 15 is 0 Å². The summed E-state index contributed by atoms with van der Waals surface area (Å²) < 4.78 is 0. The first kappa shape index (κ1) is 22.9. The Labute approximate surface area is 190 Å². The van der Waals surface area contributed by atoms with Crippen LogP contribution in [0.25, 0.3) is 6.08 Å². The molecular weight excluding hydrogens is 406 g/mol. The number of hydrogen-bond acceptors (Lipinski definition) is 3.